The quantitative estimate of drug-likeness (QED) is 0.322. The number of nitrogens with one attached hydrogen (secondary N) is 1. The van der Waals surface area contributed by atoms with Gasteiger partial charge in [-0.15, -0.1) is 0 Å². The summed E-state index contributed by atoms with van der Waals surface area (Å²) < 4.78 is 6.60. The number of likely N-dealkylation sites (N-methyl/N-ethyl adjacent to an activating group) is 1. The fraction of sp³-hybridized carbons (Fsp3) is 0.222. The van der Waals surface area contributed by atoms with Gasteiger partial charge < -0.3 is 14.6 Å². The molecule has 1 N–H and O–H groups in total. The van der Waals surface area contributed by atoms with E-state index in [1.165, 1.54) is 0 Å². The zero-order valence-electron chi connectivity index (χ0n) is 19.1. The lowest BCUT2D eigenvalue weighted by Crippen LogP contribution is -2.19. The molecule has 6 nitrogen and oxygen atoms in total. The molecule has 2 aromatic heterocycles. The molecule has 0 saturated carbocycles. The summed E-state index contributed by atoms with van der Waals surface area (Å²) in [6.45, 7) is 1.50. The molecule has 7 heteroatoms. The van der Waals surface area contributed by atoms with E-state index in [1.807, 2.05) is 68.8 Å². The third kappa shape index (κ3) is 4.67. The number of hydrogen-bond donors (Lipinski definition) is 1. The van der Waals surface area contributed by atoms with E-state index in [1.54, 1.807) is 0 Å². The lowest BCUT2D eigenvalue weighted by molar-refractivity contribution is 0.0994. The van der Waals surface area contributed by atoms with Gasteiger partial charge >= 0.3 is 0 Å². The van der Waals surface area contributed by atoms with Gasteiger partial charge in [-0.25, -0.2) is 9.97 Å². The maximum absolute atomic E-state index is 12.1. The standard InChI is InChI=1S/C27H25BrN4O2/c1-32(2)13-14-34-21-8-3-17(4-9-21)27-30-25(26(31-27)20-7-12-24(28)29-16-20)19-5-10-22-18(15-19)6-11-23(22)33/h3-5,7-10,12,15-16H,6,11,13-14H2,1-2H3,(H,30,31). The number of halogens is 1. The second-order valence-electron chi connectivity index (χ2n) is 8.65. The Kier molecular flexibility index (Phi) is 6.30. The van der Waals surface area contributed by atoms with Gasteiger partial charge in [-0.2, -0.15) is 0 Å². The number of aryl methyl sites for hydroxylation is 1. The van der Waals surface area contributed by atoms with Gasteiger partial charge in [0.15, 0.2) is 5.78 Å². The van der Waals surface area contributed by atoms with Crippen LogP contribution in [0.3, 0.4) is 0 Å². The number of rotatable bonds is 7. The number of aromatic nitrogens is 3. The number of carbonyl (C=O) groups is 1. The zero-order chi connectivity index (χ0) is 23.7. The number of benzene rings is 2. The van der Waals surface area contributed by atoms with E-state index >= 15 is 0 Å². The van der Waals surface area contributed by atoms with Crippen molar-refractivity contribution in [3.63, 3.8) is 0 Å². The van der Waals surface area contributed by atoms with Gasteiger partial charge in [0.25, 0.3) is 0 Å². The van der Waals surface area contributed by atoms with Gasteiger partial charge in [0, 0.05) is 41.4 Å². The lowest BCUT2D eigenvalue weighted by atomic mass is 10.0. The number of imidazole rings is 1. The van der Waals surface area contributed by atoms with E-state index in [0.29, 0.717) is 13.0 Å². The van der Waals surface area contributed by atoms with Crippen LogP contribution in [0.25, 0.3) is 33.9 Å². The monoisotopic (exact) mass is 516 g/mol. The first-order valence-corrected chi connectivity index (χ1v) is 12.0. The van der Waals surface area contributed by atoms with Crippen molar-refractivity contribution in [3.05, 3.63) is 76.5 Å². The molecule has 0 spiro atoms. The Bertz CT molecular complexity index is 1330. The van der Waals surface area contributed by atoms with E-state index in [9.17, 15) is 4.79 Å². The van der Waals surface area contributed by atoms with Crippen molar-refractivity contribution >= 4 is 21.7 Å². The van der Waals surface area contributed by atoms with Gasteiger partial charge in [0.1, 0.15) is 22.8 Å². The van der Waals surface area contributed by atoms with Crippen molar-refractivity contribution in [3.8, 4) is 39.7 Å². The molecule has 0 aliphatic heterocycles. The third-order valence-electron chi connectivity index (χ3n) is 5.96. The lowest BCUT2D eigenvalue weighted by Gasteiger charge is -2.11. The highest BCUT2D eigenvalue weighted by atomic mass is 79.9. The second kappa shape index (κ2) is 9.52. The van der Waals surface area contributed by atoms with Crippen molar-refractivity contribution < 1.29 is 9.53 Å². The summed E-state index contributed by atoms with van der Waals surface area (Å²) in [4.78, 5) is 27.1. The number of ether oxygens (including phenoxy) is 1. The molecule has 0 fully saturated rings. The average molecular weight is 517 g/mol. The van der Waals surface area contributed by atoms with Crippen LogP contribution in [0.2, 0.25) is 0 Å². The largest absolute Gasteiger partial charge is 0.492 e. The summed E-state index contributed by atoms with van der Waals surface area (Å²) in [5.41, 5.74) is 6.56. The molecular formula is C27H25BrN4O2. The number of fused-ring (bicyclic) bond motifs is 1. The van der Waals surface area contributed by atoms with Crippen LogP contribution in [0.15, 0.2) is 65.4 Å². The number of aromatic amines is 1. The molecular weight excluding hydrogens is 492 g/mol. The normalized spacial score (nSPS) is 12.9. The Hall–Kier alpha value is -3.29. The zero-order valence-corrected chi connectivity index (χ0v) is 20.7. The summed E-state index contributed by atoms with van der Waals surface area (Å²) >= 11 is 3.41. The predicted molar refractivity (Wildman–Crippen MR) is 137 cm³/mol. The van der Waals surface area contributed by atoms with Crippen LogP contribution < -0.4 is 4.74 Å². The van der Waals surface area contributed by atoms with E-state index in [4.69, 9.17) is 9.72 Å². The Morgan fingerprint density at radius 3 is 2.50 bits per heavy atom. The number of Topliss-reactive ketones (excluding diaryl/α,β-unsaturated/α-hetero) is 1. The minimum atomic E-state index is 0.220. The van der Waals surface area contributed by atoms with Gasteiger partial charge in [-0.05, 0) is 84.5 Å². The third-order valence-corrected chi connectivity index (χ3v) is 6.42. The molecule has 5 rings (SSSR count). The summed E-state index contributed by atoms with van der Waals surface area (Å²) in [5.74, 6) is 1.82. The van der Waals surface area contributed by atoms with Crippen molar-refractivity contribution in [1.82, 2.24) is 19.9 Å². The predicted octanol–water partition coefficient (Wildman–Crippen LogP) is 5.64. The van der Waals surface area contributed by atoms with E-state index in [2.05, 4.69) is 36.9 Å². The molecule has 0 unspecified atom stereocenters. The summed E-state index contributed by atoms with van der Waals surface area (Å²) in [6.07, 6.45) is 3.18. The average Bonchev–Trinajstić information content (AvgIpc) is 3.44. The Morgan fingerprint density at radius 2 is 1.76 bits per heavy atom. The summed E-state index contributed by atoms with van der Waals surface area (Å²) in [7, 11) is 4.05. The SMILES string of the molecule is CN(C)CCOc1ccc(-c2nc(-c3ccc(Br)nc3)c(-c3ccc4c(c3)CCC4=O)[nH]2)cc1. The van der Waals surface area contributed by atoms with E-state index in [-0.39, 0.29) is 5.78 Å². The topological polar surface area (TPSA) is 71.1 Å². The van der Waals surface area contributed by atoms with E-state index in [0.717, 1.165) is 68.3 Å². The molecule has 0 bridgehead atoms. The molecule has 0 atom stereocenters. The number of H-pyrrole nitrogens is 1. The number of hydrogen-bond acceptors (Lipinski definition) is 5. The number of nitrogens with zero attached hydrogens (tertiary/aromatic N) is 3. The number of carbonyl (C=O) groups excluding carboxylic acids is 1. The van der Waals surface area contributed by atoms with Gasteiger partial charge in [0.05, 0.1) is 11.4 Å². The Balaban J connectivity index is 1.51. The van der Waals surface area contributed by atoms with Crippen molar-refractivity contribution in [2.24, 2.45) is 0 Å². The van der Waals surface area contributed by atoms with Crippen LogP contribution in [0.1, 0.15) is 22.3 Å². The molecule has 1 aliphatic rings. The minimum Gasteiger partial charge on any atom is -0.492 e. The molecule has 34 heavy (non-hydrogen) atoms. The molecule has 1 aliphatic carbocycles. The highest BCUT2D eigenvalue weighted by Gasteiger charge is 2.22. The summed E-state index contributed by atoms with van der Waals surface area (Å²) in [6, 6.07) is 17.9. The first kappa shape index (κ1) is 22.5. The highest BCUT2D eigenvalue weighted by Crippen LogP contribution is 2.35. The molecule has 4 aromatic rings. The molecule has 2 aromatic carbocycles. The first-order chi connectivity index (χ1) is 16.5. The molecule has 0 saturated heterocycles. The van der Waals surface area contributed by atoms with Gasteiger partial charge in [-0.3, -0.25) is 4.79 Å². The Labute approximate surface area is 207 Å². The minimum absolute atomic E-state index is 0.220. The van der Waals surface area contributed by atoms with Gasteiger partial charge in [-0.1, -0.05) is 12.1 Å². The van der Waals surface area contributed by atoms with Crippen molar-refractivity contribution in [1.29, 1.82) is 0 Å². The van der Waals surface area contributed by atoms with E-state index < -0.39 is 0 Å². The fourth-order valence-corrected chi connectivity index (χ4v) is 4.34. The fourth-order valence-electron chi connectivity index (χ4n) is 4.11. The first-order valence-electron chi connectivity index (χ1n) is 11.2. The highest BCUT2D eigenvalue weighted by molar-refractivity contribution is 9.10. The van der Waals surface area contributed by atoms with Crippen LogP contribution >= 0.6 is 15.9 Å². The maximum atomic E-state index is 12.1. The van der Waals surface area contributed by atoms with Crippen LogP contribution in [0, 0.1) is 0 Å². The smallest absolute Gasteiger partial charge is 0.163 e. The van der Waals surface area contributed by atoms with Crippen LogP contribution in [-0.4, -0.2) is 52.9 Å². The Morgan fingerprint density at radius 1 is 1.00 bits per heavy atom. The molecule has 0 radical (unpaired) electrons. The molecule has 0 amide bonds. The molecule has 172 valence electrons. The summed E-state index contributed by atoms with van der Waals surface area (Å²) in [5, 5.41) is 0. The maximum Gasteiger partial charge on any atom is 0.163 e. The van der Waals surface area contributed by atoms with Gasteiger partial charge in [0.2, 0.25) is 0 Å². The second-order valence-corrected chi connectivity index (χ2v) is 9.46. The number of pyridine rings is 1. The molecule has 2 heterocycles. The van der Waals surface area contributed by atoms with Crippen LogP contribution in [0.4, 0.5) is 0 Å². The number of ketones is 1. The van der Waals surface area contributed by atoms with Crippen molar-refractivity contribution in [2.45, 2.75) is 12.8 Å². The van der Waals surface area contributed by atoms with Crippen LogP contribution in [-0.2, 0) is 6.42 Å². The van der Waals surface area contributed by atoms with Crippen molar-refractivity contribution in [2.75, 3.05) is 27.2 Å². The van der Waals surface area contributed by atoms with Crippen LogP contribution in [0.5, 0.6) is 5.75 Å².